The summed E-state index contributed by atoms with van der Waals surface area (Å²) in [5.74, 6) is 0.567. The Morgan fingerprint density at radius 3 is 2.50 bits per heavy atom. The molecule has 0 fully saturated rings. The van der Waals surface area contributed by atoms with Gasteiger partial charge in [0.2, 0.25) is 5.91 Å². The van der Waals surface area contributed by atoms with Crippen LogP contribution in [-0.2, 0) is 24.8 Å². The summed E-state index contributed by atoms with van der Waals surface area (Å²) in [5.41, 5.74) is 7.93. The minimum Gasteiger partial charge on any atom is -0.497 e. The van der Waals surface area contributed by atoms with E-state index in [1.54, 1.807) is 24.5 Å². The third-order valence-electron chi connectivity index (χ3n) is 3.88. The van der Waals surface area contributed by atoms with Gasteiger partial charge in [0.05, 0.1) is 38.3 Å². The Morgan fingerprint density at radius 1 is 1.35 bits per heavy atom. The van der Waals surface area contributed by atoms with Crippen molar-refractivity contribution in [2.45, 2.75) is 19.0 Å². The Hall–Kier alpha value is -1.80. The number of halogens is 2. The molecule has 1 amide bonds. The molecule has 1 aromatic heterocycles. The van der Waals surface area contributed by atoms with Crippen LogP contribution in [-0.4, -0.2) is 51.8 Å². The molecular formula is C17H26Cl2N4O3. The van der Waals surface area contributed by atoms with E-state index >= 15 is 0 Å². The molecule has 26 heavy (non-hydrogen) atoms. The highest BCUT2D eigenvalue weighted by Gasteiger charge is 2.22. The molecular weight excluding hydrogens is 379 g/mol. The number of carbonyl (C=O) groups excluding carboxylic acids is 1. The van der Waals surface area contributed by atoms with Gasteiger partial charge in [-0.2, -0.15) is 0 Å². The zero-order chi connectivity index (χ0) is 17.5. The second-order valence-corrected chi connectivity index (χ2v) is 5.64. The number of carbonyl (C=O) groups is 1. The largest absolute Gasteiger partial charge is 0.497 e. The summed E-state index contributed by atoms with van der Waals surface area (Å²) < 4.78 is 6.96. The Bertz CT molecular complexity index is 664. The van der Waals surface area contributed by atoms with Crippen LogP contribution in [0.4, 0.5) is 0 Å². The van der Waals surface area contributed by atoms with Crippen LogP contribution >= 0.6 is 24.8 Å². The molecule has 0 radical (unpaired) electrons. The van der Waals surface area contributed by atoms with Crippen molar-refractivity contribution >= 4 is 30.7 Å². The van der Waals surface area contributed by atoms with E-state index in [2.05, 4.69) is 4.98 Å². The summed E-state index contributed by atoms with van der Waals surface area (Å²) in [5, 5.41) is 9.24. The van der Waals surface area contributed by atoms with Gasteiger partial charge in [0.15, 0.2) is 0 Å². The van der Waals surface area contributed by atoms with Crippen molar-refractivity contribution in [1.29, 1.82) is 0 Å². The molecule has 0 unspecified atom stereocenters. The summed E-state index contributed by atoms with van der Waals surface area (Å²) in [7, 11) is 3.47. The molecule has 9 heteroatoms. The van der Waals surface area contributed by atoms with E-state index in [1.165, 1.54) is 0 Å². The standard InChI is InChI=1S/C17H24N4O3.2ClH/c1-20-12-19-10-14(20)11-21(7-8-22)17(23)16(18)9-13-3-5-15(24-2)6-4-13;;/h3-6,10,12,16,22H,7-9,11,18H2,1-2H3;2*1H/t16-;;/m0../s1. The van der Waals surface area contributed by atoms with Crippen molar-refractivity contribution < 1.29 is 14.6 Å². The number of hydrogen-bond acceptors (Lipinski definition) is 5. The van der Waals surface area contributed by atoms with Crippen molar-refractivity contribution in [2.24, 2.45) is 12.8 Å². The maximum atomic E-state index is 12.6. The number of aliphatic hydroxyl groups excluding tert-OH is 1. The Kier molecular flexibility index (Phi) is 10.9. The molecule has 0 bridgehead atoms. The quantitative estimate of drug-likeness (QED) is 0.688. The second-order valence-electron chi connectivity index (χ2n) is 5.64. The zero-order valence-electron chi connectivity index (χ0n) is 14.9. The van der Waals surface area contributed by atoms with Gasteiger partial charge in [-0.15, -0.1) is 24.8 Å². The number of hydrogen-bond donors (Lipinski definition) is 2. The summed E-state index contributed by atoms with van der Waals surface area (Å²) in [6, 6.07) is 6.80. The number of nitrogens with two attached hydrogens (primary N) is 1. The number of aromatic nitrogens is 2. The van der Waals surface area contributed by atoms with E-state index < -0.39 is 6.04 Å². The Balaban J connectivity index is 0.00000312. The van der Waals surface area contributed by atoms with Gasteiger partial charge in [-0.3, -0.25) is 4.79 Å². The third kappa shape index (κ3) is 6.49. The first kappa shape index (κ1) is 24.2. The van der Waals surface area contributed by atoms with Gasteiger partial charge in [0, 0.05) is 19.8 Å². The number of imidazole rings is 1. The molecule has 0 saturated carbocycles. The maximum absolute atomic E-state index is 12.6. The van der Waals surface area contributed by atoms with Gasteiger partial charge in [-0.05, 0) is 24.1 Å². The Labute approximate surface area is 166 Å². The first-order chi connectivity index (χ1) is 11.5. The van der Waals surface area contributed by atoms with E-state index in [4.69, 9.17) is 10.5 Å². The lowest BCUT2D eigenvalue weighted by molar-refractivity contribution is -0.133. The van der Waals surface area contributed by atoms with Crippen LogP contribution < -0.4 is 10.5 Å². The van der Waals surface area contributed by atoms with E-state index in [-0.39, 0.29) is 43.9 Å². The number of methoxy groups -OCH3 is 1. The molecule has 0 aliphatic carbocycles. The number of benzene rings is 1. The van der Waals surface area contributed by atoms with Crippen LogP contribution in [0.3, 0.4) is 0 Å². The first-order valence-corrected chi connectivity index (χ1v) is 7.78. The van der Waals surface area contributed by atoms with Gasteiger partial charge in [-0.25, -0.2) is 4.98 Å². The number of amides is 1. The van der Waals surface area contributed by atoms with Crippen molar-refractivity contribution in [1.82, 2.24) is 14.5 Å². The second kappa shape index (κ2) is 11.7. The normalized spacial score (nSPS) is 11.1. The molecule has 1 atom stereocenters. The molecule has 3 N–H and O–H groups in total. The van der Waals surface area contributed by atoms with Crippen molar-refractivity contribution in [3.63, 3.8) is 0 Å². The summed E-state index contributed by atoms with van der Waals surface area (Å²) in [4.78, 5) is 18.2. The van der Waals surface area contributed by atoms with Crippen molar-refractivity contribution in [2.75, 3.05) is 20.3 Å². The summed E-state index contributed by atoms with van der Waals surface area (Å²) in [6.07, 6.45) is 3.80. The number of nitrogens with zero attached hydrogens (tertiary/aromatic N) is 3. The first-order valence-electron chi connectivity index (χ1n) is 7.78. The molecule has 0 aliphatic heterocycles. The highest BCUT2D eigenvalue weighted by Crippen LogP contribution is 2.13. The highest BCUT2D eigenvalue weighted by atomic mass is 35.5. The van der Waals surface area contributed by atoms with Crippen LogP contribution in [0.5, 0.6) is 5.75 Å². The monoisotopic (exact) mass is 404 g/mol. The van der Waals surface area contributed by atoms with Crippen LogP contribution in [0, 0.1) is 0 Å². The lowest BCUT2D eigenvalue weighted by atomic mass is 10.1. The van der Waals surface area contributed by atoms with Crippen LogP contribution in [0.2, 0.25) is 0 Å². The number of ether oxygens (including phenoxy) is 1. The Morgan fingerprint density at radius 2 is 2.00 bits per heavy atom. The third-order valence-corrected chi connectivity index (χ3v) is 3.88. The molecule has 0 aliphatic rings. The topological polar surface area (TPSA) is 93.6 Å². The highest BCUT2D eigenvalue weighted by molar-refractivity contribution is 5.85. The average molecular weight is 405 g/mol. The van der Waals surface area contributed by atoms with Gasteiger partial charge in [0.25, 0.3) is 0 Å². The van der Waals surface area contributed by atoms with E-state index in [9.17, 15) is 9.90 Å². The average Bonchev–Trinajstić information content (AvgIpc) is 2.99. The van der Waals surface area contributed by atoms with Crippen LogP contribution in [0.25, 0.3) is 0 Å². The number of aliphatic hydroxyl groups is 1. The van der Waals surface area contributed by atoms with E-state index in [1.807, 2.05) is 35.9 Å². The van der Waals surface area contributed by atoms with Gasteiger partial charge in [0.1, 0.15) is 5.75 Å². The van der Waals surface area contributed by atoms with Gasteiger partial charge >= 0.3 is 0 Å². The fourth-order valence-electron chi connectivity index (χ4n) is 2.46. The number of aryl methyl sites for hydroxylation is 1. The van der Waals surface area contributed by atoms with Crippen molar-refractivity contribution in [3.05, 3.63) is 48.0 Å². The summed E-state index contributed by atoms with van der Waals surface area (Å²) >= 11 is 0. The van der Waals surface area contributed by atoms with Crippen molar-refractivity contribution in [3.8, 4) is 5.75 Å². The molecule has 146 valence electrons. The number of rotatable bonds is 8. The van der Waals surface area contributed by atoms with Gasteiger partial charge < -0.3 is 25.0 Å². The summed E-state index contributed by atoms with van der Waals surface area (Å²) in [6.45, 7) is 0.491. The van der Waals surface area contributed by atoms with Crippen LogP contribution in [0.1, 0.15) is 11.3 Å². The fraction of sp³-hybridized carbons (Fsp3) is 0.412. The van der Waals surface area contributed by atoms with E-state index in [0.717, 1.165) is 17.0 Å². The maximum Gasteiger partial charge on any atom is 0.240 e. The molecule has 2 rings (SSSR count). The molecule has 1 heterocycles. The molecule has 7 nitrogen and oxygen atoms in total. The molecule has 0 spiro atoms. The molecule has 1 aromatic carbocycles. The predicted octanol–water partition coefficient (Wildman–Crippen LogP) is 1.16. The minimum absolute atomic E-state index is 0. The smallest absolute Gasteiger partial charge is 0.240 e. The van der Waals surface area contributed by atoms with Crippen LogP contribution in [0.15, 0.2) is 36.8 Å². The SMILES string of the molecule is COc1ccc(C[C@H](N)C(=O)N(CCO)Cc2cncn2C)cc1.Cl.Cl. The van der Waals surface area contributed by atoms with E-state index in [0.29, 0.717) is 13.0 Å². The molecule has 0 saturated heterocycles. The lowest BCUT2D eigenvalue weighted by Crippen LogP contribution is -2.45. The zero-order valence-corrected chi connectivity index (χ0v) is 16.5. The molecule has 2 aromatic rings. The minimum atomic E-state index is -0.668. The van der Waals surface area contributed by atoms with Gasteiger partial charge in [-0.1, -0.05) is 12.1 Å². The predicted molar refractivity (Wildman–Crippen MR) is 105 cm³/mol. The fourth-order valence-corrected chi connectivity index (χ4v) is 2.46. The lowest BCUT2D eigenvalue weighted by Gasteiger charge is -2.25.